The van der Waals surface area contributed by atoms with Gasteiger partial charge < -0.3 is 11.1 Å². The van der Waals surface area contributed by atoms with Crippen molar-refractivity contribution < 1.29 is 17.6 Å². The van der Waals surface area contributed by atoms with Crippen LogP contribution in [0.15, 0.2) is 56.8 Å². The molecule has 0 aliphatic heterocycles. The number of halogens is 2. The van der Waals surface area contributed by atoms with Gasteiger partial charge in [-0.05, 0) is 65.4 Å². The van der Waals surface area contributed by atoms with Crippen molar-refractivity contribution in [3.05, 3.63) is 94.2 Å². The molecule has 38 heavy (non-hydrogen) atoms. The molecule has 0 atom stereocenters. The van der Waals surface area contributed by atoms with Crippen LogP contribution in [0, 0.1) is 16.3 Å². The Morgan fingerprint density at radius 1 is 1.16 bits per heavy atom. The van der Waals surface area contributed by atoms with Gasteiger partial charge in [-0.1, -0.05) is 12.1 Å². The van der Waals surface area contributed by atoms with Crippen molar-refractivity contribution in [2.45, 2.75) is 12.7 Å². The summed E-state index contributed by atoms with van der Waals surface area (Å²) < 4.78 is 42.1. The summed E-state index contributed by atoms with van der Waals surface area (Å²) in [4.78, 5) is 52.6. The number of hydrogen-bond acceptors (Lipinski definition) is 7. The molecule has 4 N–H and O–H groups in total. The third-order valence-corrected chi connectivity index (χ3v) is 7.93. The number of nitrogens with zero attached hydrogens (tertiary/aromatic N) is 2. The van der Waals surface area contributed by atoms with Gasteiger partial charge in [-0.25, -0.2) is 17.6 Å². The van der Waals surface area contributed by atoms with E-state index in [9.17, 15) is 32.0 Å². The maximum absolute atomic E-state index is 14.6. The lowest BCUT2D eigenvalue weighted by Gasteiger charge is -2.19. The quantitative estimate of drug-likeness (QED) is 0.255. The van der Waals surface area contributed by atoms with Crippen molar-refractivity contribution in [3.63, 3.8) is 0 Å². The van der Waals surface area contributed by atoms with E-state index in [0.29, 0.717) is 3.57 Å². The number of pyridine rings is 1. The van der Waals surface area contributed by atoms with Crippen molar-refractivity contribution in [2.24, 2.45) is 12.8 Å². The van der Waals surface area contributed by atoms with Crippen molar-refractivity contribution in [2.75, 3.05) is 11.1 Å². The first-order chi connectivity index (χ1) is 17.8. The van der Waals surface area contributed by atoms with E-state index in [4.69, 9.17) is 5.73 Å². The number of aryl methyl sites for hydroxylation is 1. The minimum absolute atomic E-state index is 0.00405. The minimum Gasteiger partial charge on any atom is -0.369 e. The van der Waals surface area contributed by atoms with Gasteiger partial charge in [0.25, 0.3) is 11.1 Å². The van der Waals surface area contributed by atoms with Crippen LogP contribution in [-0.2, 0) is 27.4 Å². The van der Waals surface area contributed by atoms with Crippen LogP contribution >= 0.6 is 22.6 Å². The number of anilines is 2. The summed E-state index contributed by atoms with van der Waals surface area (Å²) in [5.74, 6) is -3.05. The molecular formula is C24H21FIN5O6S. The number of amides is 1. The molecule has 0 saturated heterocycles. The normalized spacial score (nSPS) is 11.6. The topological polar surface area (TPSA) is 166 Å². The minimum atomic E-state index is -3.88. The van der Waals surface area contributed by atoms with Crippen LogP contribution < -0.4 is 27.9 Å². The summed E-state index contributed by atoms with van der Waals surface area (Å²) in [5.41, 5.74) is 3.22. The zero-order chi connectivity index (χ0) is 27.9. The Bertz CT molecular complexity index is 1910. The van der Waals surface area contributed by atoms with E-state index in [2.05, 4.69) is 10.3 Å². The largest absolute Gasteiger partial charge is 0.369 e. The number of aromatic amines is 1. The Morgan fingerprint density at radius 2 is 1.87 bits per heavy atom. The monoisotopic (exact) mass is 653 g/mol. The molecule has 2 aromatic heterocycles. The Balaban J connectivity index is 1.99. The van der Waals surface area contributed by atoms with Crippen molar-refractivity contribution in [1.29, 1.82) is 0 Å². The van der Waals surface area contributed by atoms with Crippen LogP contribution in [0.5, 0.6) is 0 Å². The highest BCUT2D eigenvalue weighted by Gasteiger charge is 2.22. The highest BCUT2D eigenvalue weighted by Crippen LogP contribution is 2.27. The first kappa shape index (κ1) is 27.3. The standard InChI is InChI=1S/C24H21FIN5O6S/c1-12-20-19(21(30(2)23(12)34)28-17-7-6-14(26)9-16(17)25)22(33)29-24(35)31(20)15-5-3-4-13(8-15)10-38(36,37)11-18(27)32/h3-9,28H,10-11H2,1-2H3,(H2,27,32)(H,29,33,35). The molecule has 14 heteroatoms. The lowest BCUT2D eigenvalue weighted by atomic mass is 10.1. The Hall–Kier alpha value is -3.79. The molecule has 4 rings (SSSR count). The van der Waals surface area contributed by atoms with Gasteiger partial charge in [0.05, 0.1) is 22.6 Å². The molecule has 0 aliphatic carbocycles. The highest BCUT2D eigenvalue weighted by molar-refractivity contribution is 14.1. The number of carbonyl (C=O) groups is 1. The maximum Gasteiger partial charge on any atom is 0.333 e. The second kappa shape index (κ2) is 10.2. The van der Waals surface area contributed by atoms with E-state index in [1.54, 1.807) is 6.07 Å². The Kier molecular flexibility index (Phi) is 7.29. The predicted octanol–water partition coefficient (Wildman–Crippen LogP) is 1.57. The highest BCUT2D eigenvalue weighted by atomic mass is 127. The number of primary amides is 1. The number of nitrogens with one attached hydrogen (secondary N) is 2. The number of rotatable bonds is 7. The van der Waals surface area contributed by atoms with Crippen LogP contribution in [0.25, 0.3) is 16.6 Å². The third kappa shape index (κ3) is 5.26. The van der Waals surface area contributed by atoms with E-state index in [1.165, 1.54) is 50.4 Å². The van der Waals surface area contributed by atoms with Crippen molar-refractivity contribution in [1.82, 2.24) is 14.1 Å². The molecule has 198 valence electrons. The van der Waals surface area contributed by atoms with E-state index in [-0.39, 0.29) is 39.2 Å². The molecule has 2 aromatic carbocycles. The molecule has 11 nitrogen and oxygen atoms in total. The average molecular weight is 653 g/mol. The third-order valence-electron chi connectivity index (χ3n) is 5.77. The number of H-pyrrole nitrogens is 1. The fourth-order valence-electron chi connectivity index (χ4n) is 4.15. The van der Waals surface area contributed by atoms with Crippen LogP contribution in [0.4, 0.5) is 15.9 Å². The lowest BCUT2D eigenvalue weighted by Crippen LogP contribution is -2.34. The molecule has 0 radical (unpaired) electrons. The van der Waals surface area contributed by atoms with Crippen LogP contribution in [0.1, 0.15) is 11.1 Å². The predicted molar refractivity (Wildman–Crippen MR) is 149 cm³/mol. The van der Waals surface area contributed by atoms with Gasteiger partial charge in [-0.2, -0.15) is 0 Å². The molecular weight excluding hydrogens is 632 g/mol. The summed E-state index contributed by atoms with van der Waals surface area (Å²) in [7, 11) is -2.48. The van der Waals surface area contributed by atoms with Crippen LogP contribution in [0.3, 0.4) is 0 Å². The van der Waals surface area contributed by atoms with Crippen molar-refractivity contribution in [3.8, 4) is 5.69 Å². The maximum atomic E-state index is 14.6. The molecule has 0 bridgehead atoms. The number of benzene rings is 2. The number of aromatic nitrogens is 3. The average Bonchev–Trinajstić information content (AvgIpc) is 2.80. The molecule has 0 unspecified atom stereocenters. The second-order valence-electron chi connectivity index (χ2n) is 8.57. The first-order valence-electron chi connectivity index (χ1n) is 11.0. The van der Waals surface area contributed by atoms with E-state index in [0.717, 1.165) is 9.13 Å². The van der Waals surface area contributed by atoms with E-state index >= 15 is 0 Å². The van der Waals surface area contributed by atoms with Crippen molar-refractivity contribution >= 4 is 60.7 Å². The molecule has 2 heterocycles. The van der Waals surface area contributed by atoms with Crippen LogP contribution in [0.2, 0.25) is 0 Å². The molecule has 1 amide bonds. The van der Waals surface area contributed by atoms with Gasteiger partial charge in [0.15, 0.2) is 9.84 Å². The molecule has 0 fully saturated rings. The molecule has 0 saturated carbocycles. The Morgan fingerprint density at radius 3 is 2.53 bits per heavy atom. The summed E-state index contributed by atoms with van der Waals surface area (Å²) in [6, 6.07) is 10.2. The zero-order valence-corrected chi connectivity index (χ0v) is 23.0. The van der Waals surface area contributed by atoms with Gasteiger partial charge in [0.1, 0.15) is 22.8 Å². The number of hydrogen-bond donors (Lipinski definition) is 3. The van der Waals surface area contributed by atoms with Gasteiger partial charge >= 0.3 is 5.69 Å². The summed E-state index contributed by atoms with van der Waals surface area (Å²) >= 11 is 1.94. The number of carbonyl (C=O) groups excluding carboxylic acids is 1. The summed E-state index contributed by atoms with van der Waals surface area (Å²) in [6.07, 6.45) is 0. The van der Waals surface area contributed by atoms with E-state index in [1.807, 2.05) is 22.6 Å². The number of nitrogens with two attached hydrogens (primary N) is 1. The summed E-state index contributed by atoms with van der Waals surface area (Å²) in [6.45, 7) is 1.44. The van der Waals surface area contributed by atoms with E-state index < -0.39 is 49.9 Å². The Labute approximate surface area is 228 Å². The fourth-order valence-corrected chi connectivity index (χ4v) is 5.83. The molecule has 0 aliphatic rings. The van der Waals surface area contributed by atoms with Crippen LogP contribution in [-0.4, -0.2) is 34.2 Å². The number of fused-ring (bicyclic) bond motifs is 1. The van der Waals surface area contributed by atoms with Gasteiger partial charge in [-0.3, -0.25) is 28.5 Å². The number of sulfone groups is 1. The van der Waals surface area contributed by atoms with Gasteiger partial charge in [-0.15, -0.1) is 0 Å². The SMILES string of the molecule is Cc1c(=O)n(C)c(Nc2ccc(I)cc2F)c2c(=O)[nH]c(=O)n(-c3cccc(CS(=O)(=O)CC(N)=O)c3)c12. The first-order valence-corrected chi connectivity index (χ1v) is 13.9. The second-order valence-corrected chi connectivity index (χ2v) is 11.9. The molecule has 4 aromatic rings. The molecule has 0 spiro atoms. The summed E-state index contributed by atoms with van der Waals surface area (Å²) in [5, 5.41) is 2.72. The fraction of sp³-hybridized carbons (Fsp3) is 0.167. The smallest absolute Gasteiger partial charge is 0.333 e. The van der Waals surface area contributed by atoms with Gasteiger partial charge in [0.2, 0.25) is 5.91 Å². The lowest BCUT2D eigenvalue weighted by molar-refractivity contribution is -0.115. The van der Waals surface area contributed by atoms with Gasteiger partial charge in [0, 0.05) is 16.2 Å². The zero-order valence-electron chi connectivity index (χ0n) is 20.0.